The van der Waals surface area contributed by atoms with Crippen LogP contribution in [0.4, 0.5) is 0 Å². The van der Waals surface area contributed by atoms with E-state index >= 15 is 0 Å². The minimum Gasteiger partial charge on any atom is -0.315 e. The molecule has 1 N–H and O–H groups in total. The molecule has 0 aliphatic carbocycles. The topological polar surface area (TPSA) is 15.3 Å². The van der Waals surface area contributed by atoms with Crippen molar-refractivity contribution in [2.75, 3.05) is 39.6 Å². The molecule has 11 heavy (non-hydrogen) atoms. The highest BCUT2D eigenvalue weighted by Crippen LogP contribution is 1.88. The fourth-order valence-electron chi connectivity index (χ4n) is 0.772. The second-order valence-electron chi connectivity index (χ2n) is 2.95. The van der Waals surface area contributed by atoms with Crippen LogP contribution in [0, 0.1) is 0 Å². The molecule has 0 spiro atoms. The number of rotatable bonds is 7. The van der Waals surface area contributed by atoms with Gasteiger partial charge in [-0.2, -0.15) is 0 Å². The quantitative estimate of drug-likeness (QED) is 0.465. The van der Waals surface area contributed by atoms with Crippen LogP contribution in [0.15, 0.2) is 0 Å². The molecule has 0 rings (SSSR count). The van der Waals surface area contributed by atoms with E-state index in [2.05, 4.69) is 24.3 Å². The molecule has 68 valence electrons. The highest BCUT2D eigenvalue weighted by Gasteiger charge is 1.89. The second kappa shape index (κ2) is 8.31. The van der Waals surface area contributed by atoms with E-state index in [0.29, 0.717) is 0 Å². The van der Waals surface area contributed by atoms with Crippen LogP contribution in [0.3, 0.4) is 0 Å². The van der Waals surface area contributed by atoms with Crippen LogP contribution in [0.25, 0.3) is 0 Å². The van der Waals surface area contributed by atoms with E-state index in [9.17, 15) is 0 Å². The van der Waals surface area contributed by atoms with E-state index in [-0.39, 0.29) is 0 Å². The molecular weight excluding hydrogens is 160 g/mol. The Balaban J connectivity index is 2.80. The highest BCUT2D eigenvalue weighted by molar-refractivity contribution is 6.17. The molecule has 0 aromatic carbocycles. The monoisotopic (exact) mass is 178 g/mol. The summed E-state index contributed by atoms with van der Waals surface area (Å²) in [4.78, 5) is 2.18. The van der Waals surface area contributed by atoms with E-state index in [1.165, 1.54) is 6.42 Å². The van der Waals surface area contributed by atoms with Crippen LogP contribution >= 0.6 is 11.6 Å². The SMILES string of the molecule is CN(C)CCNCCCCCl. The van der Waals surface area contributed by atoms with Crippen molar-refractivity contribution in [3.05, 3.63) is 0 Å². The van der Waals surface area contributed by atoms with Crippen molar-refractivity contribution in [1.82, 2.24) is 10.2 Å². The number of unbranched alkanes of at least 4 members (excludes halogenated alkanes) is 1. The van der Waals surface area contributed by atoms with Gasteiger partial charge in [-0.1, -0.05) is 0 Å². The molecule has 2 nitrogen and oxygen atoms in total. The molecular formula is C8H19ClN2. The molecule has 0 aliphatic rings. The molecule has 0 unspecified atom stereocenters. The molecule has 0 heterocycles. The molecule has 0 saturated carbocycles. The van der Waals surface area contributed by atoms with Crippen LogP contribution in [-0.4, -0.2) is 44.5 Å². The molecule has 3 heteroatoms. The lowest BCUT2D eigenvalue weighted by Crippen LogP contribution is -2.27. The minimum atomic E-state index is 0.787. The van der Waals surface area contributed by atoms with Gasteiger partial charge >= 0.3 is 0 Å². The van der Waals surface area contributed by atoms with Gasteiger partial charge in [-0.15, -0.1) is 11.6 Å². The van der Waals surface area contributed by atoms with Crippen LogP contribution < -0.4 is 5.32 Å². The lowest BCUT2D eigenvalue weighted by atomic mass is 10.3. The number of hydrogen-bond donors (Lipinski definition) is 1. The van der Waals surface area contributed by atoms with Crippen molar-refractivity contribution >= 4 is 11.6 Å². The fraction of sp³-hybridized carbons (Fsp3) is 1.00. The van der Waals surface area contributed by atoms with Crippen LogP contribution in [0.1, 0.15) is 12.8 Å². The van der Waals surface area contributed by atoms with Crippen LogP contribution in [-0.2, 0) is 0 Å². The minimum absolute atomic E-state index is 0.787. The van der Waals surface area contributed by atoms with Crippen LogP contribution in [0.5, 0.6) is 0 Å². The molecule has 0 radical (unpaired) electrons. The number of nitrogens with zero attached hydrogens (tertiary/aromatic N) is 1. The Morgan fingerprint density at radius 2 is 1.91 bits per heavy atom. The smallest absolute Gasteiger partial charge is 0.0223 e. The predicted octanol–water partition coefficient (Wildman–Crippen LogP) is 1.16. The van der Waals surface area contributed by atoms with Gasteiger partial charge < -0.3 is 10.2 Å². The first kappa shape index (κ1) is 11.2. The van der Waals surface area contributed by atoms with E-state index in [1.54, 1.807) is 0 Å². The standard InChI is InChI=1S/C8H19ClN2/c1-11(2)8-7-10-6-4-3-5-9/h10H,3-8H2,1-2H3. The van der Waals surface area contributed by atoms with E-state index < -0.39 is 0 Å². The summed E-state index contributed by atoms with van der Waals surface area (Å²) in [5.41, 5.74) is 0. The second-order valence-corrected chi connectivity index (χ2v) is 3.33. The number of alkyl halides is 1. The summed E-state index contributed by atoms with van der Waals surface area (Å²) >= 11 is 5.53. The maximum atomic E-state index is 5.53. The molecule has 0 amide bonds. The third-order valence-corrected chi connectivity index (χ3v) is 1.74. The summed E-state index contributed by atoms with van der Waals surface area (Å²) in [5.74, 6) is 0.787. The molecule has 0 aromatic heterocycles. The first-order chi connectivity index (χ1) is 5.27. The molecule has 0 bridgehead atoms. The first-order valence-electron chi connectivity index (χ1n) is 4.19. The zero-order valence-electron chi connectivity index (χ0n) is 7.57. The Kier molecular flexibility index (Phi) is 8.47. The molecule has 0 aromatic rings. The van der Waals surface area contributed by atoms with Crippen molar-refractivity contribution in [2.24, 2.45) is 0 Å². The van der Waals surface area contributed by atoms with Crippen molar-refractivity contribution in [1.29, 1.82) is 0 Å². The van der Waals surface area contributed by atoms with Crippen molar-refractivity contribution < 1.29 is 0 Å². The molecule has 0 aliphatic heterocycles. The zero-order chi connectivity index (χ0) is 8.53. The molecule has 0 fully saturated rings. The Morgan fingerprint density at radius 1 is 1.18 bits per heavy atom. The van der Waals surface area contributed by atoms with Gasteiger partial charge in [-0.25, -0.2) is 0 Å². The van der Waals surface area contributed by atoms with E-state index in [0.717, 1.165) is 31.9 Å². The largest absolute Gasteiger partial charge is 0.315 e. The number of halogens is 1. The summed E-state index contributed by atoms with van der Waals surface area (Å²) < 4.78 is 0. The average molecular weight is 179 g/mol. The third kappa shape index (κ3) is 10.2. The number of nitrogens with one attached hydrogen (secondary N) is 1. The predicted molar refractivity (Wildman–Crippen MR) is 51.4 cm³/mol. The van der Waals surface area contributed by atoms with Crippen molar-refractivity contribution in [2.45, 2.75) is 12.8 Å². The Hall–Kier alpha value is 0.210. The average Bonchev–Trinajstić information content (AvgIpc) is 1.96. The normalized spacial score (nSPS) is 10.9. The zero-order valence-corrected chi connectivity index (χ0v) is 8.32. The molecule has 0 saturated heterocycles. The maximum absolute atomic E-state index is 5.53. The summed E-state index contributed by atoms with van der Waals surface area (Å²) in [5, 5.41) is 3.35. The van der Waals surface area contributed by atoms with Gasteiger partial charge in [0.15, 0.2) is 0 Å². The van der Waals surface area contributed by atoms with Gasteiger partial charge in [0.05, 0.1) is 0 Å². The van der Waals surface area contributed by atoms with Gasteiger partial charge in [0.25, 0.3) is 0 Å². The lowest BCUT2D eigenvalue weighted by Gasteiger charge is -2.09. The Morgan fingerprint density at radius 3 is 2.45 bits per heavy atom. The van der Waals surface area contributed by atoms with Gasteiger partial charge in [0, 0.05) is 19.0 Å². The summed E-state index contributed by atoms with van der Waals surface area (Å²) in [6.45, 7) is 3.29. The highest BCUT2D eigenvalue weighted by atomic mass is 35.5. The van der Waals surface area contributed by atoms with Gasteiger partial charge in [-0.3, -0.25) is 0 Å². The summed E-state index contributed by atoms with van der Waals surface area (Å²) in [6, 6.07) is 0. The Bertz CT molecular complexity index is 76.5. The third-order valence-electron chi connectivity index (χ3n) is 1.47. The number of hydrogen-bond acceptors (Lipinski definition) is 2. The van der Waals surface area contributed by atoms with Gasteiger partial charge in [-0.05, 0) is 33.5 Å². The van der Waals surface area contributed by atoms with Gasteiger partial charge in [0.1, 0.15) is 0 Å². The van der Waals surface area contributed by atoms with E-state index in [1.807, 2.05) is 0 Å². The van der Waals surface area contributed by atoms with E-state index in [4.69, 9.17) is 11.6 Å². The summed E-state index contributed by atoms with van der Waals surface area (Å²) in [6.07, 6.45) is 2.31. The van der Waals surface area contributed by atoms with Crippen molar-refractivity contribution in [3.63, 3.8) is 0 Å². The first-order valence-corrected chi connectivity index (χ1v) is 4.72. The maximum Gasteiger partial charge on any atom is 0.0223 e. The van der Waals surface area contributed by atoms with Crippen LogP contribution in [0.2, 0.25) is 0 Å². The number of likely N-dealkylation sites (N-methyl/N-ethyl adjacent to an activating group) is 1. The van der Waals surface area contributed by atoms with Gasteiger partial charge in [0.2, 0.25) is 0 Å². The lowest BCUT2D eigenvalue weighted by molar-refractivity contribution is 0.399. The fourth-order valence-corrected chi connectivity index (χ4v) is 0.961. The molecule has 0 atom stereocenters. The summed E-state index contributed by atoms with van der Waals surface area (Å²) in [7, 11) is 4.17. The van der Waals surface area contributed by atoms with Crippen molar-refractivity contribution in [3.8, 4) is 0 Å². The Labute approximate surface area is 74.9 Å².